The Morgan fingerprint density at radius 1 is 0.516 bits per heavy atom. The van der Waals surface area contributed by atoms with Crippen molar-refractivity contribution in [2.24, 2.45) is 0 Å². The fourth-order valence-electron chi connectivity index (χ4n) is 6.93. The molecule has 2 atom stereocenters. The molecule has 0 bridgehead atoms. The molecule has 0 rings (SSSR count). The van der Waals surface area contributed by atoms with E-state index in [9.17, 15) is 14.3 Å². The standard InChI is InChI=1S/C53H98NO7P/c1-6-8-10-12-14-16-18-20-22-23-24-25-26-27-28-29-30-31-32-33-35-37-39-41-43-45-48-58-50-52(51-60-62(56,57)59-49-47-54(3,4)5)61-53(55)46-44-42-40-38-36-34-21-19-17-15-13-11-9-7-2/h8,10,14,16,20,22,24-25,27-28,52H,6-7,9,11-13,15,17-19,21,23,26,29-51H2,1-5H3/b10-8-,16-14-,22-20-,25-24-,28-27-. The number of likely N-dealkylation sites (N-methyl/N-ethyl adjacent to an activating group) is 1. The van der Waals surface area contributed by atoms with Crippen LogP contribution in [-0.4, -0.2) is 70.7 Å². The molecular weight excluding hydrogens is 794 g/mol. The van der Waals surface area contributed by atoms with E-state index in [1.54, 1.807) is 0 Å². The van der Waals surface area contributed by atoms with Crippen molar-refractivity contribution in [3.05, 3.63) is 60.8 Å². The minimum atomic E-state index is -4.53. The van der Waals surface area contributed by atoms with Crippen LogP contribution in [0.5, 0.6) is 0 Å². The maximum absolute atomic E-state index is 12.7. The minimum absolute atomic E-state index is 0.0246. The van der Waals surface area contributed by atoms with E-state index in [1.807, 2.05) is 21.1 Å². The van der Waals surface area contributed by atoms with E-state index in [2.05, 4.69) is 74.6 Å². The number of esters is 1. The van der Waals surface area contributed by atoms with Crippen LogP contribution in [0.15, 0.2) is 60.8 Å². The van der Waals surface area contributed by atoms with Gasteiger partial charge in [0.25, 0.3) is 7.82 Å². The topological polar surface area (TPSA) is 94.1 Å². The molecule has 0 saturated carbocycles. The van der Waals surface area contributed by atoms with Gasteiger partial charge in [0, 0.05) is 13.0 Å². The Kier molecular flexibility index (Phi) is 44.4. The first-order chi connectivity index (χ1) is 30.1. The molecule has 0 aliphatic heterocycles. The van der Waals surface area contributed by atoms with Crippen molar-refractivity contribution < 1.29 is 37.3 Å². The molecule has 0 aliphatic carbocycles. The lowest BCUT2D eigenvalue weighted by molar-refractivity contribution is -0.870. The molecule has 0 aromatic carbocycles. The Hall–Kier alpha value is -1.80. The van der Waals surface area contributed by atoms with Gasteiger partial charge in [-0.1, -0.05) is 209 Å². The predicted molar refractivity (Wildman–Crippen MR) is 263 cm³/mol. The fraction of sp³-hybridized carbons (Fsp3) is 0.792. The highest BCUT2D eigenvalue weighted by atomic mass is 31.2. The smallest absolute Gasteiger partial charge is 0.306 e. The van der Waals surface area contributed by atoms with E-state index >= 15 is 0 Å². The first kappa shape index (κ1) is 60.2. The summed E-state index contributed by atoms with van der Waals surface area (Å²) in [5.74, 6) is -0.335. The summed E-state index contributed by atoms with van der Waals surface area (Å²) in [6, 6.07) is 0. The molecular formula is C53H98NO7P. The molecule has 0 N–H and O–H groups in total. The van der Waals surface area contributed by atoms with Gasteiger partial charge in [0.05, 0.1) is 34.4 Å². The van der Waals surface area contributed by atoms with Crippen LogP contribution in [-0.2, 0) is 27.9 Å². The number of carbonyl (C=O) groups is 1. The zero-order valence-corrected chi connectivity index (χ0v) is 42.0. The van der Waals surface area contributed by atoms with Crippen molar-refractivity contribution in [3.8, 4) is 0 Å². The van der Waals surface area contributed by atoms with Crippen LogP contribution >= 0.6 is 7.82 Å². The van der Waals surface area contributed by atoms with Gasteiger partial charge in [0.2, 0.25) is 0 Å². The van der Waals surface area contributed by atoms with Gasteiger partial charge in [-0.05, 0) is 57.8 Å². The molecule has 9 heteroatoms. The molecule has 0 heterocycles. The number of carbonyl (C=O) groups excluding carboxylic acids is 1. The number of ether oxygens (including phenoxy) is 2. The van der Waals surface area contributed by atoms with E-state index in [4.69, 9.17) is 18.5 Å². The average molecular weight is 892 g/mol. The van der Waals surface area contributed by atoms with Crippen LogP contribution in [0.1, 0.15) is 213 Å². The Labute approximate surface area is 383 Å². The molecule has 0 radical (unpaired) electrons. The van der Waals surface area contributed by atoms with Gasteiger partial charge >= 0.3 is 5.97 Å². The van der Waals surface area contributed by atoms with Gasteiger partial charge in [-0.3, -0.25) is 9.36 Å². The molecule has 62 heavy (non-hydrogen) atoms. The summed E-state index contributed by atoms with van der Waals surface area (Å²) >= 11 is 0. The molecule has 0 amide bonds. The van der Waals surface area contributed by atoms with Crippen LogP contribution in [0, 0.1) is 0 Å². The summed E-state index contributed by atoms with van der Waals surface area (Å²) in [7, 11) is 1.35. The van der Waals surface area contributed by atoms with Crippen LogP contribution in [0.2, 0.25) is 0 Å². The van der Waals surface area contributed by atoms with Gasteiger partial charge in [0.15, 0.2) is 0 Å². The maximum atomic E-state index is 12.7. The van der Waals surface area contributed by atoms with E-state index in [0.717, 1.165) is 64.2 Å². The third kappa shape index (κ3) is 49.2. The van der Waals surface area contributed by atoms with Gasteiger partial charge < -0.3 is 27.9 Å². The number of allylic oxidation sites excluding steroid dienone is 10. The summed E-state index contributed by atoms with van der Waals surface area (Å²) in [5, 5.41) is 0. The zero-order chi connectivity index (χ0) is 45.5. The van der Waals surface area contributed by atoms with Crippen molar-refractivity contribution in [2.45, 2.75) is 219 Å². The summed E-state index contributed by atoms with van der Waals surface area (Å²) in [6.07, 6.45) is 58.1. The molecule has 0 spiro atoms. The third-order valence-electron chi connectivity index (χ3n) is 10.8. The van der Waals surface area contributed by atoms with Gasteiger partial charge in [-0.15, -0.1) is 0 Å². The molecule has 8 nitrogen and oxygen atoms in total. The molecule has 0 fully saturated rings. The number of hydrogen-bond donors (Lipinski definition) is 0. The molecule has 0 aliphatic rings. The van der Waals surface area contributed by atoms with E-state index in [0.29, 0.717) is 24.1 Å². The highest BCUT2D eigenvalue weighted by Crippen LogP contribution is 2.38. The summed E-state index contributed by atoms with van der Waals surface area (Å²) in [5.41, 5.74) is 0. The summed E-state index contributed by atoms with van der Waals surface area (Å²) in [6.45, 7) is 5.30. The van der Waals surface area contributed by atoms with Crippen molar-refractivity contribution in [1.82, 2.24) is 0 Å². The first-order valence-corrected chi connectivity index (χ1v) is 27.0. The molecule has 0 aromatic heterocycles. The number of quaternary nitrogens is 1. The third-order valence-corrected chi connectivity index (χ3v) is 11.8. The predicted octanol–water partition coefficient (Wildman–Crippen LogP) is 15.0. The molecule has 0 aromatic rings. The second-order valence-corrected chi connectivity index (χ2v) is 19.6. The average Bonchev–Trinajstić information content (AvgIpc) is 3.23. The van der Waals surface area contributed by atoms with E-state index in [-0.39, 0.29) is 25.8 Å². The molecule has 362 valence electrons. The Bertz CT molecular complexity index is 1170. The second kappa shape index (κ2) is 45.8. The number of rotatable bonds is 47. The number of hydrogen-bond acceptors (Lipinski definition) is 7. The van der Waals surface area contributed by atoms with E-state index < -0.39 is 13.9 Å². The van der Waals surface area contributed by atoms with Gasteiger partial charge in [-0.2, -0.15) is 0 Å². The van der Waals surface area contributed by atoms with Crippen molar-refractivity contribution in [2.75, 3.05) is 54.1 Å². The zero-order valence-electron chi connectivity index (χ0n) is 41.1. The lowest BCUT2D eigenvalue weighted by Gasteiger charge is -2.28. The first-order valence-electron chi connectivity index (χ1n) is 25.5. The SMILES string of the molecule is CC/C=C\C/C=C\C/C=C\C/C=C\C/C=C\CCCCCCCCCCCCOCC(COP(=O)([O-])OCC[N+](C)(C)C)OC(=O)CCCCCCCCCCCCCCCC. The van der Waals surface area contributed by atoms with Crippen molar-refractivity contribution in [3.63, 3.8) is 0 Å². The molecule has 2 unspecified atom stereocenters. The van der Waals surface area contributed by atoms with Crippen molar-refractivity contribution in [1.29, 1.82) is 0 Å². The van der Waals surface area contributed by atoms with Crippen LogP contribution < -0.4 is 4.89 Å². The van der Waals surface area contributed by atoms with Crippen molar-refractivity contribution >= 4 is 13.8 Å². The second-order valence-electron chi connectivity index (χ2n) is 18.2. The quantitative estimate of drug-likeness (QED) is 0.0197. The highest BCUT2D eigenvalue weighted by molar-refractivity contribution is 7.45. The summed E-state index contributed by atoms with van der Waals surface area (Å²) in [4.78, 5) is 25.1. The lowest BCUT2D eigenvalue weighted by Crippen LogP contribution is -2.37. The Balaban J connectivity index is 4.10. The van der Waals surface area contributed by atoms with Gasteiger partial charge in [0.1, 0.15) is 19.3 Å². The van der Waals surface area contributed by atoms with Gasteiger partial charge in [-0.25, -0.2) is 0 Å². The maximum Gasteiger partial charge on any atom is 0.306 e. The number of nitrogens with zero attached hydrogens (tertiary/aromatic N) is 1. The Morgan fingerprint density at radius 3 is 1.40 bits per heavy atom. The number of phosphoric acid groups is 1. The largest absolute Gasteiger partial charge is 0.756 e. The highest BCUT2D eigenvalue weighted by Gasteiger charge is 2.20. The number of phosphoric ester groups is 1. The minimum Gasteiger partial charge on any atom is -0.756 e. The van der Waals surface area contributed by atoms with Crippen LogP contribution in [0.25, 0.3) is 0 Å². The molecule has 0 saturated heterocycles. The normalized spacial score (nSPS) is 14.1. The van der Waals surface area contributed by atoms with E-state index in [1.165, 1.54) is 128 Å². The fourth-order valence-corrected chi connectivity index (χ4v) is 7.66. The summed E-state index contributed by atoms with van der Waals surface area (Å²) < 4.78 is 34.7. The van der Waals surface area contributed by atoms with Crippen LogP contribution in [0.3, 0.4) is 0 Å². The lowest BCUT2D eigenvalue weighted by atomic mass is 10.0. The monoisotopic (exact) mass is 892 g/mol. The van der Waals surface area contributed by atoms with Crippen LogP contribution in [0.4, 0.5) is 0 Å². The number of unbranched alkanes of at least 4 members (excludes halogenated alkanes) is 23. The Morgan fingerprint density at radius 2 is 0.935 bits per heavy atom.